The Labute approximate surface area is 103 Å². The van der Waals surface area contributed by atoms with Gasteiger partial charge in [0.15, 0.2) is 0 Å². The van der Waals surface area contributed by atoms with E-state index in [0.29, 0.717) is 12.6 Å². The lowest BCUT2D eigenvalue weighted by molar-refractivity contribution is 0.109. The maximum Gasteiger partial charge on any atom is 0.0791 e. The van der Waals surface area contributed by atoms with Crippen LogP contribution in [0.3, 0.4) is 0 Å². The molecule has 3 heteroatoms. The molecule has 2 rings (SSSR count). The van der Waals surface area contributed by atoms with E-state index in [4.69, 9.17) is 0 Å². The Morgan fingerprint density at radius 3 is 2.71 bits per heavy atom. The van der Waals surface area contributed by atoms with Gasteiger partial charge in [-0.25, -0.2) is 0 Å². The molecule has 3 nitrogen and oxygen atoms in total. The SMILES string of the molecule is Cc1ccc(CN2CC(O)CNCC2C)cc1. The van der Waals surface area contributed by atoms with Crippen molar-refractivity contribution < 1.29 is 5.11 Å². The van der Waals surface area contributed by atoms with Crippen LogP contribution in [0.1, 0.15) is 18.1 Å². The van der Waals surface area contributed by atoms with Crippen LogP contribution in [0.4, 0.5) is 0 Å². The van der Waals surface area contributed by atoms with Crippen LogP contribution in [0.25, 0.3) is 0 Å². The highest BCUT2D eigenvalue weighted by atomic mass is 16.3. The Balaban J connectivity index is 2.02. The first-order chi connectivity index (χ1) is 8.15. The molecule has 0 bridgehead atoms. The molecule has 94 valence electrons. The molecular weight excluding hydrogens is 212 g/mol. The maximum absolute atomic E-state index is 9.80. The molecule has 1 aliphatic rings. The lowest BCUT2D eigenvalue weighted by atomic mass is 10.1. The number of aliphatic hydroxyl groups excluding tert-OH is 1. The van der Waals surface area contributed by atoms with E-state index < -0.39 is 0 Å². The Morgan fingerprint density at radius 2 is 2.00 bits per heavy atom. The van der Waals surface area contributed by atoms with E-state index in [2.05, 4.69) is 48.3 Å². The summed E-state index contributed by atoms with van der Waals surface area (Å²) < 4.78 is 0. The summed E-state index contributed by atoms with van der Waals surface area (Å²) in [4.78, 5) is 2.34. The summed E-state index contributed by atoms with van der Waals surface area (Å²) in [6, 6.07) is 9.10. The number of nitrogens with one attached hydrogen (secondary N) is 1. The molecule has 1 aromatic rings. The van der Waals surface area contributed by atoms with Gasteiger partial charge in [0, 0.05) is 32.2 Å². The zero-order valence-corrected chi connectivity index (χ0v) is 10.7. The van der Waals surface area contributed by atoms with Gasteiger partial charge in [-0.15, -0.1) is 0 Å². The first kappa shape index (κ1) is 12.6. The minimum absolute atomic E-state index is 0.259. The summed E-state index contributed by atoms with van der Waals surface area (Å²) in [6.45, 7) is 7.63. The summed E-state index contributed by atoms with van der Waals surface area (Å²) in [5.74, 6) is 0. The highest BCUT2D eigenvalue weighted by Crippen LogP contribution is 2.11. The van der Waals surface area contributed by atoms with E-state index >= 15 is 0 Å². The average molecular weight is 234 g/mol. The van der Waals surface area contributed by atoms with Crippen molar-refractivity contribution in [3.05, 3.63) is 35.4 Å². The van der Waals surface area contributed by atoms with Crippen LogP contribution in [0, 0.1) is 6.92 Å². The number of nitrogens with zero attached hydrogens (tertiary/aromatic N) is 1. The first-order valence-electron chi connectivity index (χ1n) is 6.33. The van der Waals surface area contributed by atoms with Gasteiger partial charge in [-0.3, -0.25) is 4.90 Å². The molecule has 2 N–H and O–H groups in total. The third-order valence-electron chi connectivity index (χ3n) is 3.39. The van der Waals surface area contributed by atoms with Gasteiger partial charge in [-0.2, -0.15) is 0 Å². The third-order valence-corrected chi connectivity index (χ3v) is 3.39. The lowest BCUT2D eigenvalue weighted by Gasteiger charge is -2.27. The van der Waals surface area contributed by atoms with Crippen LogP contribution in [-0.2, 0) is 6.54 Å². The van der Waals surface area contributed by atoms with Crippen molar-refractivity contribution in [3.8, 4) is 0 Å². The van der Waals surface area contributed by atoms with Gasteiger partial charge >= 0.3 is 0 Å². The van der Waals surface area contributed by atoms with Crippen molar-refractivity contribution in [2.75, 3.05) is 19.6 Å². The van der Waals surface area contributed by atoms with Crippen LogP contribution in [0.15, 0.2) is 24.3 Å². The van der Waals surface area contributed by atoms with Gasteiger partial charge in [0.1, 0.15) is 0 Å². The van der Waals surface area contributed by atoms with Crippen molar-refractivity contribution in [1.82, 2.24) is 10.2 Å². The first-order valence-corrected chi connectivity index (χ1v) is 6.33. The molecule has 1 aliphatic heterocycles. The Morgan fingerprint density at radius 1 is 1.29 bits per heavy atom. The number of aryl methyl sites for hydroxylation is 1. The summed E-state index contributed by atoms with van der Waals surface area (Å²) >= 11 is 0. The number of benzene rings is 1. The summed E-state index contributed by atoms with van der Waals surface area (Å²) in [7, 11) is 0. The molecule has 0 spiro atoms. The molecule has 0 aliphatic carbocycles. The normalized spacial score (nSPS) is 26.8. The van der Waals surface area contributed by atoms with Gasteiger partial charge in [0.25, 0.3) is 0 Å². The van der Waals surface area contributed by atoms with Gasteiger partial charge in [0.2, 0.25) is 0 Å². The minimum atomic E-state index is -0.259. The second-order valence-corrected chi connectivity index (χ2v) is 5.08. The second kappa shape index (κ2) is 5.63. The fourth-order valence-corrected chi connectivity index (χ4v) is 2.25. The molecule has 2 atom stereocenters. The van der Waals surface area contributed by atoms with E-state index in [1.807, 2.05) is 0 Å². The van der Waals surface area contributed by atoms with Crippen molar-refractivity contribution in [2.24, 2.45) is 0 Å². The number of aliphatic hydroxyl groups is 1. The predicted octanol–water partition coefficient (Wildman–Crippen LogP) is 1.15. The molecule has 17 heavy (non-hydrogen) atoms. The van der Waals surface area contributed by atoms with Crippen molar-refractivity contribution in [3.63, 3.8) is 0 Å². The predicted molar refractivity (Wildman–Crippen MR) is 69.9 cm³/mol. The number of rotatable bonds is 2. The van der Waals surface area contributed by atoms with E-state index in [0.717, 1.165) is 19.6 Å². The van der Waals surface area contributed by atoms with Crippen LogP contribution >= 0.6 is 0 Å². The third kappa shape index (κ3) is 3.53. The van der Waals surface area contributed by atoms with Crippen LogP contribution in [0.5, 0.6) is 0 Å². The Bertz CT molecular complexity index is 350. The quantitative estimate of drug-likeness (QED) is 0.806. The Kier molecular flexibility index (Phi) is 4.15. The maximum atomic E-state index is 9.80. The second-order valence-electron chi connectivity index (χ2n) is 5.08. The summed E-state index contributed by atoms with van der Waals surface area (Å²) in [5.41, 5.74) is 2.61. The van der Waals surface area contributed by atoms with E-state index in [1.165, 1.54) is 11.1 Å². The number of β-amino-alcohol motifs (C(OH)–C–C–N with tert-alkyl or cyclic N) is 1. The van der Waals surface area contributed by atoms with Gasteiger partial charge in [-0.05, 0) is 19.4 Å². The molecule has 1 saturated heterocycles. The van der Waals surface area contributed by atoms with Gasteiger partial charge in [-0.1, -0.05) is 29.8 Å². The Hall–Kier alpha value is -0.900. The highest BCUT2D eigenvalue weighted by Gasteiger charge is 2.21. The van der Waals surface area contributed by atoms with E-state index in [9.17, 15) is 5.11 Å². The fraction of sp³-hybridized carbons (Fsp3) is 0.571. The molecule has 1 aromatic carbocycles. The van der Waals surface area contributed by atoms with Crippen molar-refractivity contribution >= 4 is 0 Å². The fourth-order valence-electron chi connectivity index (χ4n) is 2.25. The topological polar surface area (TPSA) is 35.5 Å². The standard InChI is InChI=1S/C14H22N2O/c1-11-3-5-13(6-4-11)9-16-10-14(17)8-15-7-12(16)2/h3-6,12,14-15,17H,7-10H2,1-2H3. The van der Waals surface area contributed by atoms with Crippen LogP contribution in [0.2, 0.25) is 0 Å². The largest absolute Gasteiger partial charge is 0.390 e. The average Bonchev–Trinajstić information content (AvgIpc) is 2.45. The highest BCUT2D eigenvalue weighted by molar-refractivity contribution is 5.21. The summed E-state index contributed by atoms with van der Waals surface area (Å²) in [5, 5.41) is 13.1. The lowest BCUT2D eigenvalue weighted by Crippen LogP contribution is -2.38. The molecule has 1 heterocycles. The van der Waals surface area contributed by atoms with Crippen molar-refractivity contribution in [1.29, 1.82) is 0 Å². The molecule has 0 radical (unpaired) electrons. The number of hydrogen-bond acceptors (Lipinski definition) is 3. The molecular formula is C14H22N2O. The zero-order valence-electron chi connectivity index (χ0n) is 10.7. The molecule has 0 aromatic heterocycles. The minimum Gasteiger partial charge on any atom is -0.390 e. The smallest absolute Gasteiger partial charge is 0.0791 e. The van der Waals surface area contributed by atoms with Gasteiger partial charge in [0.05, 0.1) is 6.10 Å². The number of hydrogen-bond donors (Lipinski definition) is 2. The molecule has 0 saturated carbocycles. The molecule has 0 amide bonds. The van der Waals surface area contributed by atoms with Crippen LogP contribution in [-0.4, -0.2) is 41.8 Å². The van der Waals surface area contributed by atoms with Crippen LogP contribution < -0.4 is 5.32 Å². The van der Waals surface area contributed by atoms with E-state index in [1.54, 1.807) is 0 Å². The molecule has 2 unspecified atom stereocenters. The van der Waals surface area contributed by atoms with E-state index in [-0.39, 0.29) is 6.10 Å². The zero-order chi connectivity index (χ0) is 12.3. The summed E-state index contributed by atoms with van der Waals surface area (Å²) in [6.07, 6.45) is -0.259. The van der Waals surface area contributed by atoms with Gasteiger partial charge < -0.3 is 10.4 Å². The monoisotopic (exact) mass is 234 g/mol. The van der Waals surface area contributed by atoms with Crippen molar-refractivity contribution in [2.45, 2.75) is 32.5 Å². The molecule has 1 fully saturated rings.